The Labute approximate surface area is 185 Å². The SMILES string of the molecule is COc1cc(C(=O)OCc2csc(N(C(C)=O)c3ccccc3)n2)ccc1OC(C)C. The predicted molar refractivity (Wildman–Crippen MR) is 119 cm³/mol. The lowest BCUT2D eigenvalue weighted by Crippen LogP contribution is -2.22. The van der Waals surface area contributed by atoms with Crippen LogP contribution in [0.1, 0.15) is 36.8 Å². The Kier molecular flexibility index (Phi) is 7.25. The Morgan fingerprint density at radius 3 is 2.48 bits per heavy atom. The number of anilines is 2. The van der Waals surface area contributed by atoms with Gasteiger partial charge < -0.3 is 14.2 Å². The number of nitrogens with zero attached hydrogens (tertiary/aromatic N) is 2. The lowest BCUT2D eigenvalue weighted by Gasteiger charge is -2.17. The van der Waals surface area contributed by atoms with Gasteiger partial charge in [0.2, 0.25) is 5.91 Å². The molecule has 1 aromatic heterocycles. The topological polar surface area (TPSA) is 78.0 Å². The fourth-order valence-corrected chi connectivity index (χ4v) is 3.71. The monoisotopic (exact) mass is 440 g/mol. The van der Waals surface area contributed by atoms with Crippen LogP contribution in [0.4, 0.5) is 10.8 Å². The second-order valence-electron chi connectivity index (χ2n) is 6.92. The number of thiazole rings is 1. The molecular formula is C23H24N2O5S. The molecule has 2 aromatic carbocycles. The van der Waals surface area contributed by atoms with E-state index in [1.165, 1.54) is 30.3 Å². The van der Waals surface area contributed by atoms with Crippen molar-refractivity contribution in [2.75, 3.05) is 12.0 Å². The van der Waals surface area contributed by atoms with Gasteiger partial charge in [0, 0.05) is 12.3 Å². The van der Waals surface area contributed by atoms with Gasteiger partial charge >= 0.3 is 5.97 Å². The molecule has 1 heterocycles. The number of amides is 1. The number of carbonyl (C=O) groups is 2. The minimum atomic E-state index is -0.504. The minimum Gasteiger partial charge on any atom is -0.493 e. The van der Waals surface area contributed by atoms with Crippen LogP contribution in [0.3, 0.4) is 0 Å². The molecule has 8 heteroatoms. The number of rotatable bonds is 8. The Hall–Kier alpha value is -3.39. The van der Waals surface area contributed by atoms with Crippen LogP contribution >= 0.6 is 11.3 Å². The van der Waals surface area contributed by atoms with Gasteiger partial charge in [0.05, 0.1) is 30.2 Å². The first-order chi connectivity index (χ1) is 14.9. The summed E-state index contributed by atoms with van der Waals surface area (Å²) in [5.74, 6) is 0.359. The number of benzene rings is 2. The highest BCUT2D eigenvalue weighted by atomic mass is 32.1. The molecule has 3 aromatic rings. The van der Waals surface area contributed by atoms with E-state index in [2.05, 4.69) is 4.98 Å². The molecule has 0 spiro atoms. The summed E-state index contributed by atoms with van der Waals surface area (Å²) >= 11 is 1.31. The predicted octanol–water partition coefficient (Wildman–Crippen LogP) is 4.98. The molecule has 0 bridgehead atoms. The van der Waals surface area contributed by atoms with Crippen molar-refractivity contribution in [1.29, 1.82) is 0 Å². The van der Waals surface area contributed by atoms with Crippen LogP contribution in [0.15, 0.2) is 53.9 Å². The van der Waals surface area contributed by atoms with E-state index in [1.807, 2.05) is 44.2 Å². The molecule has 0 unspecified atom stereocenters. The van der Waals surface area contributed by atoms with Crippen molar-refractivity contribution in [1.82, 2.24) is 4.98 Å². The lowest BCUT2D eigenvalue weighted by molar-refractivity contribution is -0.115. The maximum absolute atomic E-state index is 12.5. The normalized spacial score (nSPS) is 10.6. The Morgan fingerprint density at radius 2 is 1.84 bits per heavy atom. The summed E-state index contributed by atoms with van der Waals surface area (Å²) in [6, 6.07) is 14.2. The van der Waals surface area contributed by atoms with E-state index in [0.717, 1.165) is 5.69 Å². The maximum Gasteiger partial charge on any atom is 0.338 e. The summed E-state index contributed by atoms with van der Waals surface area (Å²) in [5.41, 5.74) is 1.63. The number of hydrogen-bond donors (Lipinski definition) is 0. The van der Waals surface area contributed by atoms with E-state index in [9.17, 15) is 9.59 Å². The van der Waals surface area contributed by atoms with Gasteiger partial charge in [-0.05, 0) is 44.2 Å². The van der Waals surface area contributed by atoms with E-state index in [4.69, 9.17) is 14.2 Å². The summed E-state index contributed by atoms with van der Waals surface area (Å²) in [5, 5.41) is 2.28. The van der Waals surface area contributed by atoms with Gasteiger partial charge in [-0.25, -0.2) is 9.78 Å². The fraction of sp³-hybridized carbons (Fsp3) is 0.261. The first-order valence-electron chi connectivity index (χ1n) is 9.71. The minimum absolute atomic E-state index is 0.0115. The van der Waals surface area contributed by atoms with Crippen LogP contribution in [0.5, 0.6) is 11.5 Å². The number of carbonyl (C=O) groups excluding carboxylic acids is 2. The number of para-hydroxylation sites is 1. The van der Waals surface area contributed by atoms with Crippen molar-refractivity contribution >= 4 is 34.0 Å². The molecule has 0 saturated heterocycles. The van der Waals surface area contributed by atoms with E-state index in [1.54, 1.807) is 23.6 Å². The van der Waals surface area contributed by atoms with Crippen molar-refractivity contribution in [3.05, 3.63) is 65.2 Å². The van der Waals surface area contributed by atoms with Crippen molar-refractivity contribution < 1.29 is 23.8 Å². The van der Waals surface area contributed by atoms with Gasteiger partial charge in [0.15, 0.2) is 16.6 Å². The van der Waals surface area contributed by atoms with Crippen LogP contribution in [0, 0.1) is 0 Å². The van der Waals surface area contributed by atoms with Crippen molar-refractivity contribution in [2.24, 2.45) is 0 Å². The molecular weight excluding hydrogens is 416 g/mol. The highest BCUT2D eigenvalue weighted by molar-refractivity contribution is 7.14. The van der Waals surface area contributed by atoms with Crippen LogP contribution in [0.2, 0.25) is 0 Å². The Balaban J connectivity index is 1.69. The molecule has 3 rings (SSSR count). The zero-order valence-corrected chi connectivity index (χ0v) is 18.6. The summed E-state index contributed by atoms with van der Waals surface area (Å²) < 4.78 is 16.4. The Morgan fingerprint density at radius 1 is 1.10 bits per heavy atom. The molecule has 0 aliphatic rings. The largest absolute Gasteiger partial charge is 0.493 e. The Bertz CT molecular complexity index is 1050. The average molecular weight is 441 g/mol. The first-order valence-corrected chi connectivity index (χ1v) is 10.6. The van der Waals surface area contributed by atoms with Gasteiger partial charge in [0.25, 0.3) is 0 Å². The van der Waals surface area contributed by atoms with E-state index >= 15 is 0 Å². The molecule has 0 N–H and O–H groups in total. The molecule has 0 radical (unpaired) electrons. The third-order valence-corrected chi connectivity index (χ3v) is 5.05. The summed E-state index contributed by atoms with van der Waals surface area (Å²) in [6.07, 6.45) is -0.0176. The molecule has 31 heavy (non-hydrogen) atoms. The molecule has 1 amide bonds. The standard InChI is InChI=1S/C23H24N2O5S/c1-15(2)30-20-11-10-17(12-21(20)28-4)22(27)29-13-18-14-31-23(24-18)25(16(3)26)19-8-6-5-7-9-19/h5-12,14-15H,13H2,1-4H3. The average Bonchev–Trinajstić information content (AvgIpc) is 3.21. The van der Waals surface area contributed by atoms with Crippen molar-refractivity contribution in [3.8, 4) is 11.5 Å². The quantitative estimate of drug-likeness (QED) is 0.460. The third-order valence-electron chi connectivity index (χ3n) is 4.17. The second-order valence-corrected chi connectivity index (χ2v) is 7.76. The lowest BCUT2D eigenvalue weighted by atomic mass is 10.2. The number of aromatic nitrogens is 1. The van der Waals surface area contributed by atoms with Gasteiger partial charge in [-0.1, -0.05) is 18.2 Å². The highest BCUT2D eigenvalue weighted by Gasteiger charge is 2.19. The summed E-state index contributed by atoms with van der Waals surface area (Å²) in [6.45, 7) is 5.29. The molecule has 0 fully saturated rings. The molecule has 7 nitrogen and oxygen atoms in total. The van der Waals surface area contributed by atoms with Crippen LogP contribution in [0.25, 0.3) is 0 Å². The number of hydrogen-bond acceptors (Lipinski definition) is 7. The number of ether oxygens (including phenoxy) is 3. The highest BCUT2D eigenvalue weighted by Crippen LogP contribution is 2.30. The van der Waals surface area contributed by atoms with Gasteiger partial charge in [-0.3, -0.25) is 9.69 Å². The molecule has 0 atom stereocenters. The van der Waals surface area contributed by atoms with Crippen molar-refractivity contribution in [2.45, 2.75) is 33.5 Å². The molecule has 0 aliphatic heterocycles. The zero-order valence-electron chi connectivity index (χ0n) is 17.8. The van der Waals surface area contributed by atoms with Crippen LogP contribution in [-0.4, -0.2) is 30.1 Å². The van der Waals surface area contributed by atoms with Crippen LogP contribution in [-0.2, 0) is 16.1 Å². The number of esters is 1. The second kappa shape index (κ2) is 10.1. The van der Waals surface area contributed by atoms with E-state index in [0.29, 0.717) is 27.9 Å². The molecule has 0 saturated carbocycles. The van der Waals surface area contributed by atoms with Crippen LogP contribution < -0.4 is 14.4 Å². The summed E-state index contributed by atoms with van der Waals surface area (Å²) in [4.78, 5) is 30.6. The first kappa shape index (κ1) is 22.3. The maximum atomic E-state index is 12.5. The van der Waals surface area contributed by atoms with Gasteiger partial charge in [-0.2, -0.15) is 0 Å². The zero-order chi connectivity index (χ0) is 22.4. The number of methoxy groups -OCH3 is 1. The van der Waals surface area contributed by atoms with E-state index in [-0.39, 0.29) is 18.6 Å². The summed E-state index contributed by atoms with van der Waals surface area (Å²) in [7, 11) is 1.52. The fourth-order valence-electron chi connectivity index (χ4n) is 2.84. The van der Waals surface area contributed by atoms with Crippen molar-refractivity contribution in [3.63, 3.8) is 0 Å². The molecule has 0 aliphatic carbocycles. The third kappa shape index (κ3) is 5.61. The molecule has 162 valence electrons. The van der Waals surface area contributed by atoms with Gasteiger partial charge in [0.1, 0.15) is 6.61 Å². The van der Waals surface area contributed by atoms with E-state index < -0.39 is 5.97 Å². The smallest absolute Gasteiger partial charge is 0.338 e. The van der Waals surface area contributed by atoms with Gasteiger partial charge in [-0.15, -0.1) is 11.3 Å².